The van der Waals surface area contributed by atoms with E-state index in [2.05, 4.69) is 16.3 Å². The van der Waals surface area contributed by atoms with Crippen LogP contribution >= 0.6 is 0 Å². The molecule has 3 amide bonds. The predicted octanol–water partition coefficient (Wildman–Crippen LogP) is 0.371. The maximum atomic E-state index is 12.9. The van der Waals surface area contributed by atoms with E-state index < -0.39 is 6.04 Å². The van der Waals surface area contributed by atoms with Crippen LogP contribution in [0.15, 0.2) is 18.2 Å². The summed E-state index contributed by atoms with van der Waals surface area (Å²) in [5.41, 5.74) is 8.57. The largest absolute Gasteiger partial charge is 0.329 e. The van der Waals surface area contributed by atoms with Crippen molar-refractivity contribution in [2.75, 3.05) is 13.1 Å². The van der Waals surface area contributed by atoms with Crippen molar-refractivity contribution in [1.82, 2.24) is 15.1 Å². The minimum absolute atomic E-state index is 0.117. The number of amides is 3. The van der Waals surface area contributed by atoms with E-state index in [1.807, 2.05) is 12.1 Å². The van der Waals surface area contributed by atoms with E-state index in [0.717, 1.165) is 37.1 Å². The third-order valence-electron chi connectivity index (χ3n) is 5.75. The van der Waals surface area contributed by atoms with Gasteiger partial charge in [-0.2, -0.15) is 0 Å². The fraction of sp³-hybridized carbons (Fsp3) is 0.526. The minimum Gasteiger partial charge on any atom is -0.329 e. The smallest absolute Gasteiger partial charge is 0.255 e. The van der Waals surface area contributed by atoms with E-state index in [-0.39, 0.29) is 24.1 Å². The fourth-order valence-electron chi connectivity index (χ4n) is 4.30. The molecule has 2 saturated heterocycles. The number of piperidine rings is 1. The van der Waals surface area contributed by atoms with Crippen LogP contribution in [0.2, 0.25) is 0 Å². The molecule has 1 unspecified atom stereocenters. The number of likely N-dealkylation sites (tertiary alicyclic amines) is 1. The molecule has 0 aliphatic carbocycles. The highest BCUT2D eigenvalue weighted by molar-refractivity contribution is 6.05. The number of carbonyl (C=O) groups is 3. The van der Waals surface area contributed by atoms with Crippen LogP contribution in [0.5, 0.6) is 0 Å². The molecule has 1 aromatic rings. The number of imide groups is 1. The average molecular weight is 356 g/mol. The maximum absolute atomic E-state index is 12.9. The molecule has 3 aliphatic heterocycles. The number of benzene rings is 1. The molecule has 4 rings (SSSR count). The van der Waals surface area contributed by atoms with Crippen molar-refractivity contribution in [3.63, 3.8) is 0 Å². The molecule has 1 aromatic carbocycles. The Bertz CT molecular complexity index is 763. The lowest BCUT2D eigenvalue weighted by atomic mass is 10.0. The van der Waals surface area contributed by atoms with Crippen molar-refractivity contribution in [1.29, 1.82) is 0 Å². The Labute approximate surface area is 152 Å². The van der Waals surface area contributed by atoms with E-state index in [0.29, 0.717) is 31.1 Å². The van der Waals surface area contributed by atoms with Crippen LogP contribution in [-0.2, 0) is 22.7 Å². The van der Waals surface area contributed by atoms with Gasteiger partial charge in [-0.25, -0.2) is 0 Å². The van der Waals surface area contributed by atoms with Crippen molar-refractivity contribution in [2.45, 2.75) is 50.9 Å². The van der Waals surface area contributed by atoms with Crippen molar-refractivity contribution < 1.29 is 14.4 Å². The Kier molecular flexibility index (Phi) is 4.50. The van der Waals surface area contributed by atoms with Gasteiger partial charge in [-0.15, -0.1) is 0 Å². The standard InChI is InChI=1S/C19H24N4O3/c20-9-14-2-1-7-22(14)10-12-3-4-13-11-23(19(26)15(13)8-12)16-5-6-17(24)21-18(16)25/h3-4,8,14,16H,1-2,5-7,9-11,20H2,(H,21,24,25)/t14-,16?/m1/s1. The molecular weight excluding hydrogens is 332 g/mol. The molecule has 2 atom stereocenters. The Morgan fingerprint density at radius 3 is 2.81 bits per heavy atom. The Morgan fingerprint density at radius 1 is 1.19 bits per heavy atom. The van der Waals surface area contributed by atoms with Crippen LogP contribution in [0.4, 0.5) is 0 Å². The van der Waals surface area contributed by atoms with Gasteiger partial charge in [0.2, 0.25) is 11.8 Å². The normalized spacial score (nSPS) is 26.3. The van der Waals surface area contributed by atoms with Crippen LogP contribution in [0.25, 0.3) is 0 Å². The number of hydrogen-bond donors (Lipinski definition) is 2. The van der Waals surface area contributed by atoms with E-state index in [1.165, 1.54) is 0 Å². The number of nitrogens with two attached hydrogens (primary N) is 1. The predicted molar refractivity (Wildman–Crippen MR) is 95.0 cm³/mol. The summed E-state index contributed by atoms with van der Waals surface area (Å²) in [7, 11) is 0. The third kappa shape index (κ3) is 3.01. The number of hydrogen-bond acceptors (Lipinski definition) is 5. The van der Waals surface area contributed by atoms with E-state index >= 15 is 0 Å². The third-order valence-corrected chi connectivity index (χ3v) is 5.75. The number of nitrogens with one attached hydrogen (secondary N) is 1. The van der Waals surface area contributed by atoms with Crippen molar-refractivity contribution in [2.24, 2.45) is 5.73 Å². The summed E-state index contributed by atoms with van der Waals surface area (Å²) in [4.78, 5) is 40.3. The Morgan fingerprint density at radius 2 is 2.04 bits per heavy atom. The van der Waals surface area contributed by atoms with Crippen LogP contribution in [0.1, 0.15) is 47.2 Å². The molecule has 3 heterocycles. The fourth-order valence-corrected chi connectivity index (χ4v) is 4.30. The summed E-state index contributed by atoms with van der Waals surface area (Å²) in [6.45, 7) is 2.92. The summed E-state index contributed by atoms with van der Waals surface area (Å²) in [6, 6.07) is 5.86. The van der Waals surface area contributed by atoms with Crippen LogP contribution < -0.4 is 11.1 Å². The monoisotopic (exact) mass is 356 g/mol. The summed E-state index contributed by atoms with van der Waals surface area (Å²) >= 11 is 0. The second-order valence-corrected chi connectivity index (χ2v) is 7.39. The number of carbonyl (C=O) groups excluding carboxylic acids is 3. The zero-order valence-electron chi connectivity index (χ0n) is 14.7. The van der Waals surface area contributed by atoms with Gasteiger partial charge in [-0.1, -0.05) is 12.1 Å². The molecule has 7 heteroatoms. The molecule has 0 bridgehead atoms. The van der Waals surface area contributed by atoms with Gasteiger partial charge in [0.25, 0.3) is 5.91 Å². The second kappa shape index (κ2) is 6.81. The first-order valence-electron chi connectivity index (χ1n) is 9.27. The van der Waals surface area contributed by atoms with Crippen molar-refractivity contribution >= 4 is 17.7 Å². The van der Waals surface area contributed by atoms with Gasteiger partial charge in [0, 0.05) is 37.7 Å². The van der Waals surface area contributed by atoms with Gasteiger partial charge in [-0.05, 0) is 43.0 Å². The molecular formula is C19H24N4O3. The van der Waals surface area contributed by atoms with Crippen LogP contribution in [0.3, 0.4) is 0 Å². The lowest BCUT2D eigenvalue weighted by Crippen LogP contribution is -2.52. The summed E-state index contributed by atoms with van der Waals surface area (Å²) in [5.74, 6) is -0.753. The molecule has 138 valence electrons. The maximum Gasteiger partial charge on any atom is 0.255 e. The van der Waals surface area contributed by atoms with E-state index in [9.17, 15) is 14.4 Å². The first-order chi connectivity index (χ1) is 12.6. The first-order valence-corrected chi connectivity index (χ1v) is 9.27. The highest BCUT2D eigenvalue weighted by Gasteiger charge is 2.39. The molecule has 3 aliphatic rings. The highest BCUT2D eigenvalue weighted by atomic mass is 16.2. The van der Waals surface area contributed by atoms with Gasteiger partial charge in [0.1, 0.15) is 6.04 Å². The van der Waals surface area contributed by atoms with Gasteiger partial charge < -0.3 is 10.6 Å². The van der Waals surface area contributed by atoms with Crippen molar-refractivity contribution in [3.8, 4) is 0 Å². The number of rotatable bonds is 4. The second-order valence-electron chi connectivity index (χ2n) is 7.39. The topological polar surface area (TPSA) is 95.7 Å². The lowest BCUT2D eigenvalue weighted by molar-refractivity contribution is -0.136. The van der Waals surface area contributed by atoms with Gasteiger partial charge >= 0.3 is 0 Å². The molecule has 7 nitrogen and oxygen atoms in total. The molecule has 0 radical (unpaired) electrons. The number of nitrogens with zero attached hydrogens (tertiary/aromatic N) is 2. The molecule has 2 fully saturated rings. The highest BCUT2D eigenvalue weighted by Crippen LogP contribution is 2.29. The van der Waals surface area contributed by atoms with Crippen molar-refractivity contribution in [3.05, 3.63) is 34.9 Å². The molecule has 0 aromatic heterocycles. The van der Waals surface area contributed by atoms with Gasteiger partial charge in [0.05, 0.1) is 0 Å². The Hall–Kier alpha value is -2.25. The Balaban J connectivity index is 1.50. The van der Waals surface area contributed by atoms with Crippen LogP contribution in [-0.4, -0.2) is 52.7 Å². The van der Waals surface area contributed by atoms with Gasteiger partial charge in [0.15, 0.2) is 0 Å². The molecule has 3 N–H and O–H groups in total. The van der Waals surface area contributed by atoms with Crippen LogP contribution in [0, 0.1) is 0 Å². The molecule has 0 saturated carbocycles. The van der Waals surface area contributed by atoms with E-state index in [4.69, 9.17) is 5.73 Å². The lowest BCUT2D eigenvalue weighted by Gasteiger charge is -2.29. The zero-order chi connectivity index (χ0) is 18.3. The van der Waals surface area contributed by atoms with E-state index in [1.54, 1.807) is 4.90 Å². The SMILES string of the molecule is NC[C@H]1CCCN1Cc1ccc2c(c1)C(=O)N(C1CCC(=O)NC1=O)C2. The quantitative estimate of drug-likeness (QED) is 0.760. The van der Waals surface area contributed by atoms with Gasteiger partial charge in [-0.3, -0.25) is 24.6 Å². The summed E-state index contributed by atoms with van der Waals surface area (Å²) in [6.07, 6.45) is 2.96. The molecule has 26 heavy (non-hydrogen) atoms. The average Bonchev–Trinajstić information content (AvgIpc) is 3.20. The number of fused-ring (bicyclic) bond motifs is 1. The first kappa shape index (κ1) is 17.2. The minimum atomic E-state index is -0.559. The molecule has 0 spiro atoms. The summed E-state index contributed by atoms with van der Waals surface area (Å²) in [5, 5.41) is 2.33. The zero-order valence-corrected chi connectivity index (χ0v) is 14.7. The summed E-state index contributed by atoms with van der Waals surface area (Å²) < 4.78 is 0.